The largest absolute Gasteiger partial charge is 0.345 e. The maximum absolute atomic E-state index is 11.9. The molecule has 1 rings (SSSR count). The molecule has 0 heterocycles. The molecule has 0 saturated carbocycles. The summed E-state index contributed by atoms with van der Waals surface area (Å²) in [5, 5.41) is 28.9. The van der Waals surface area contributed by atoms with E-state index in [0.29, 0.717) is 5.69 Å². The minimum absolute atomic E-state index is 0.0985. The molecule has 0 radical (unpaired) electrons. The highest BCUT2D eigenvalue weighted by molar-refractivity contribution is 7.89. The van der Waals surface area contributed by atoms with E-state index >= 15 is 0 Å². The molecule has 1 aromatic carbocycles. The van der Waals surface area contributed by atoms with Gasteiger partial charge in [0.25, 0.3) is 0 Å². The van der Waals surface area contributed by atoms with Gasteiger partial charge in [-0.15, -0.1) is 0 Å². The number of hydrogen-bond donors (Lipinski definition) is 1. The number of benzene rings is 1. The van der Waals surface area contributed by atoms with Crippen LogP contribution in [-0.2, 0) is 10.0 Å². The van der Waals surface area contributed by atoms with E-state index in [0.717, 1.165) is 4.31 Å². The van der Waals surface area contributed by atoms with Gasteiger partial charge < -0.3 is 5.32 Å². The first-order chi connectivity index (χ1) is 9.86. The van der Waals surface area contributed by atoms with E-state index in [1.54, 1.807) is 18.2 Å². The summed E-state index contributed by atoms with van der Waals surface area (Å²) in [6, 6.07) is 10.5. The van der Waals surface area contributed by atoms with Gasteiger partial charge in [-0.05, 0) is 24.3 Å². The first kappa shape index (κ1) is 16.2. The van der Waals surface area contributed by atoms with Crippen LogP contribution in [-0.4, -0.2) is 26.8 Å². The van der Waals surface area contributed by atoms with Crippen LogP contribution in [0.5, 0.6) is 0 Å². The molecule has 8 heteroatoms. The molecule has 7 nitrogen and oxygen atoms in total. The fourth-order valence-electron chi connectivity index (χ4n) is 1.35. The lowest BCUT2D eigenvalue weighted by molar-refractivity contribution is 0.521. The second-order valence-electron chi connectivity index (χ2n) is 4.02. The van der Waals surface area contributed by atoms with Crippen LogP contribution in [0.15, 0.2) is 40.4 Å². The smallest absolute Gasteiger partial charge is 0.242 e. The number of allylic oxidation sites excluding steroid dienone is 2. The SMILES string of the molecule is CN(C)S(=O)(=O)c1ccc(NC(C#N)=C(C#N)C#N)cc1. The molecule has 0 aliphatic carbocycles. The zero-order chi connectivity index (χ0) is 16.0. The molecule has 0 spiro atoms. The maximum Gasteiger partial charge on any atom is 0.242 e. The topological polar surface area (TPSA) is 121 Å². The van der Waals surface area contributed by atoms with Crippen molar-refractivity contribution in [3.63, 3.8) is 0 Å². The van der Waals surface area contributed by atoms with Crippen molar-refractivity contribution < 1.29 is 8.42 Å². The fourth-order valence-corrected chi connectivity index (χ4v) is 2.25. The molecular weight excluding hydrogens is 290 g/mol. The minimum Gasteiger partial charge on any atom is -0.345 e. The molecule has 0 bridgehead atoms. The van der Waals surface area contributed by atoms with Gasteiger partial charge in [0.15, 0.2) is 5.57 Å². The van der Waals surface area contributed by atoms with E-state index in [-0.39, 0.29) is 16.2 Å². The third kappa shape index (κ3) is 3.58. The summed E-state index contributed by atoms with van der Waals surface area (Å²) in [7, 11) is -0.688. The quantitative estimate of drug-likeness (QED) is 0.833. The third-order valence-electron chi connectivity index (χ3n) is 2.49. The number of nitrogens with zero attached hydrogens (tertiary/aromatic N) is 4. The highest BCUT2D eigenvalue weighted by atomic mass is 32.2. The molecule has 0 amide bonds. The van der Waals surface area contributed by atoms with Crippen molar-refractivity contribution in [1.82, 2.24) is 4.31 Å². The second-order valence-corrected chi connectivity index (χ2v) is 6.17. The molecule has 0 unspecified atom stereocenters. The predicted molar refractivity (Wildman–Crippen MR) is 74.8 cm³/mol. The number of hydrogen-bond acceptors (Lipinski definition) is 6. The Balaban J connectivity index is 3.12. The van der Waals surface area contributed by atoms with Gasteiger partial charge >= 0.3 is 0 Å². The monoisotopic (exact) mass is 301 g/mol. The van der Waals surface area contributed by atoms with Gasteiger partial charge in [0.2, 0.25) is 10.0 Å². The summed E-state index contributed by atoms with van der Waals surface area (Å²) in [5.41, 5.74) is -0.141. The fraction of sp³-hybridized carbons (Fsp3) is 0.154. The Kier molecular flexibility index (Phi) is 5.04. The van der Waals surface area contributed by atoms with E-state index in [1.165, 1.54) is 38.4 Å². The molecule has 1 N–H and O–H groups in total. The van der Waals surface area contributed by atoms with Crippen LogP contribution < -0.4 is 5.32 Å². The Labute approximate surface area is 123 Å². The Morgan fingerprint density at radius 3 is 1.95 bits per heavy atom. The number of anilines is 1. The predicted octanol–water partition coefficient (Wildman–Crippen LogP) is 1.17. The number of nitriles is 3. The normalized spacial score (nSPS) is 10.1. The van der Waals surface area contributed by atoms with Gasteiger partial charge in [-0.25, -0.2) is 12.7 Å². The van der Waals surface area contributed by atoms with Crippen molar-refractivity contribution in [3.05, 3.63) is 35.5 Å². The molecule has 106 valence electrons. The molecule has 21 heavy (non-hydrogen) atoms. The van der Waals surface area contributed by atoms with Gasteiger partial charge in [-0.3, -0.25) is 0 Å². The molecule has 0 saturated heterocycles. The molecule has 0 atom stereocenters. The lowest BCUT2D eigenvalue weighted by Crippen LogP contribution is -2.22. The van der Waals surface area contributed by atoms with Crippen molar-refractivity contribution in [3.8, 4) is 18.2 Å². The average molecular weight is 301 g/mol. The molecule has 0 aliphatic rings. The zero-order valence-corrected chi connectivity index (χ0v) is 12.1. The zero-order valence-electron chi connectivity index (χ0n) is 11.3. The molecule has 0 fully saturated rings. The number of nitrogens with one attached hydrogen (secondary N) is 1. The summed E-state index contributed by atoms with van der Waals surface area (Å²) in [5.74, 6) is 0. The van der Waals surface area contributed by atoms with Crippen LogP contribution in [0, 0.1) is 34.0 Å². The average Bonchev–Trinajstić information content (AvgIpc) is 2.47. The van der Waals surface area contributed by atoms with Crippen molar-refractivity contribution >= 4 is 15.7 Å². The van der Waals surface area contributed by atoms with Crippen molar-refractivity contribution in [2.24, 2.45) is 0 Å². The van der Waals surface area contributed by atoms with E-state index in [1.807, 2.05) is 0 Å². The van der Waals surface area contributed by atoms with Gasteiger partial charge in [-0.2, -0.15) is 15.8 Å². The van der Waals surface area contributed by atoms with Crippen LogP contribution >= 0.6 is 0 Å². The Bertz CT molecular complexity index is 771. The summed E-state index contributed by atoms with van der Waals surface area (Å²) in [6.07, 6.45) is 0. The molecule has 1 aromatic rings. The van der Waals surface area contributed by atoms with Gasteiger partial charge in [0.1, 0.15) is 23.9 Å². The third-order valence-corrected chi connectivity index (χ3v) is 4.32. The Hall–Kier alpha value is -2.86. The lowest BCUT2D eigenvalue weighted by atomic mass is 10.2. The van der Waals surface area contributed by atoms with Gasteiger partial charge in [0, 0.05) is 19.8 Å². The van der Waals surface area contributed by atoms with Crippen molar-refractivity contribution in [2.75, 3.05) is 19.4 Å². The van der Waals surface area contributed by atoms with E-state index in [9.17, 15) is 8.42 Å². The summed E-state index contributed by atoms with van der Waals surface area (Å²) >= 11 is 0. The summed E-state index contributed by atoms with van der Waals surface area (Å²) < 4.78 is 24.8. The summed E-state index contributed by atoms with van der Waals surface area (Å²) in [4.78, 5) is 0.0985. The van der Waals surface area contributed by atoms with Gasteiger partial charge in [0.05, 0.1) is 4.90 Å². The molecular formula is C13H11N5O2S. The summed E-state index contributed by atoms with van der Waals surface area (Å²) in [6.45, 7) is 0. The van der Waals surface area contributed by atoms with Crippen LogP contribution in [0.3, 0.4) is 0 Å². The van der Waals surface area contributed by atoms with Crippen LogP contribution in [0.4, 0.5) is 5.69 Å². The standard InChI is InChI=1S/C13H11N5O2S/c1-18(2)21(19,20)12-5-3-11(4-6-12)17-13(9-16)10(7-14)8-15/h3-6,17H,1-2H3. The van der Waals surface area contributed by atoms with Crippen LogP contribution in [0.25, 0.3) is 0 Å². The first-order valence-electron chi connectivity index (χ1n) is 5.61. The van der Waals surface area contributed by atoms with E-state index in [4.69, 9.17) is 15.8 Å². The van der Waals surface area contributed by atoms with Crippen molar-refractivity contribution in [2.45, 2.75) is 4.90 Å². The molecule has 0 aromatic heterocycles. The number of rotatable bonds is 4. The highest BCUT2D eigenvalue weighted by Gasteiger charge is 2.16. The number of sulfonamides is 1. The van der Waals surface area contributed by atoms with E-state index < -0.39 is 10.0 Å². The Morgan fingerprint density at radius 1 is 1.05 bits per heavy atom. The van der Waals surface area contributed by atoms with Crippen LogP contribution in [0.1, 0.15) is 0 Å². The van der Waals surface area contributed by atoms with E-state index in [2.05, 4.69) is 5.32 Å². The Morgan fingerprint density at radius 2 is 1.57 bits per heavy atom. The highest BCUT2D eigenvalue weighted by Crippen LogP contribution is 2.18. The maximum atomic E-state index is 11.9. The molecule has 0 aliphatic heterocycles. The van der Waals surface area contributed by atoms with Crippen LogP contribution in [0.2, 0.25) is 0 Å². The second kappa shape index (κ2) is 6.53. The lowest BCUT2D eigenvalue weighted by Gasteiger charge is -2.12. The van der Waals surface area contributed by atoms with Gasteiger partial charge in [-0.1, -0.05) is 0 Å². The van der Waals surface area contributed by atoms with Crippen molar-refractivity contribution in [1.29, 1.82) is 15.8 Å². The minimum atomic E-state index is -3.53. The first-order valence-corrected chi connectivity index (χ1v) is 7.05.